The Hall–Kier alpha value is -2.05. The van der Waals surface area contributed by atoms with Crippen LogP contribution >= 0.6 is 0 Å². The lowest BCUT2D eigenvalue weighted by molar-refractivity contribution is -0.332. The Morgan fingerprint density at radius 2 is 0.805 bits per heavy atom. The number of hydrogen-bond acceptors (Lipinski definition) is 14. The molecule has 77 heavy (non-hydrogen) atoms. The third-order valence-electron chi connectivity index (χ3n) is 14.8. The van der Waals surface area contributed by atoms with Crippen LogP contribution in [0.5, 0.6) is 0 Å². The highest BCUT2D eigenvalue weighted by atomic mass is 16.7. The summed E-state index contributed by atoms with van der Waals surface area (Å²) in [6.45, 7) is 3.67. The summed E-state index contributed by atoms with van der Waals surface area (Å²) in [4.78, 5) is 13.1. The summed E-state index contributed by atoms with van der Waals surface area (Å²) < 4.78 is 34.5. The van der Waals surface area contributed by atoms with E-state index in [0.717, 1.165) is 57.8 Å². The molecule has 2 saturated heterocycles. The molecule has 7 N–H and O–H groups in total. The highest BCUT2D eigenvalue weighted by Crippen LogP contribution is 2.27. The van der Waals surface area contributed by atoms with Gasteiger partial charge in [-0.15, -0.1) is 0 Å². The summed E-state index contributed by atoms with van der Waals surface area (Å²) in [5.74, 6) is -0.377. The molecule has 0 aromatic heterocycles. The van der Waals surface area contributed by atoms with Gasteiger partial charge in [0.15, 0.2) is 12.6 Å². The highest BCUT2D eigenvalue weighted by molar-refractivity contribution is 5.69. The Kier molecular flexibility index (Phi) is 45.9. The molecule has 0 amide bonds. The minimum Gasteiger partial charge on any atom is -0.457 e. The average molecular weight is 1100 g/mol. The first-order valence-corrected chi connectivity index (χ1v) is 31.2. The van der Waals surface area contributed by atoms with Gasteiger partial charge in [0.05, 0.1) is 26.4 Å². The Labute approximate surface area is 467 Å². The van der Waals surface area contributed by atoms with Crippen LogP contribution in [0.25, 0.3) is 0 Å². The van der Waals surface area contributed by atoms with Crippen LogP contribution in [0.15, 0.2) is 48.6 Å². The number of allylic oxidation sites excluding steroid dienone is 8. The Balaban J connectivity index is 1.68. The van der Waals surface area contributed by atoms with Crippen LogP contribution < -0.4 is 0 Å². The molecule has 0 aromatic carbocycles. The summed E-state index contributed by atoms with van der Waals surface area (Å²) in [7, 11) is 0. The number of aliphatic hydroxyl groups is 7. The van der Waals surface area contributed by atoms with Crippen molar-refractivity contribution >= 4 is 5.97 Å². The molecule has 0 radical (unpaired) electrons. The number of carbonyl (C=O) groups is 1. The normalized spacial score (nSPS) is 24.6. The standard InChI is InChI=1S/C63H114O14/c1-3-5-7-9-11-13-15-17-19-21-23-24-25-26-27-28-29-30-32-34-36-38-40-42-44-46-55(65)75-52(49-72-47-45-43-41-39-37-35-33-31-22-20-18-16-14-12-10-8-6-4-2)50-73-62-61(71)59(69)57(67)54(77-62)51-74-63-60(70)58(68)56(66)53(48-64)76-63/h12,14-15,17-18,20-21,23,52-54,56-64,66-71H,3-11,13,16,19,22,24-51H2,1-2H3/b14-12-,17-15-,20-18-,23-21-. The van der Waals surface area contributed by atoms with Crippen LogP contribution in [-0.4, -0.2) is 142 Å². The van der Waals surface area contributed by atoms with Gasteiger partial charge in [-0.1, -0.05) is 210 Å². The molecule has 2 aliphatic heterocycles. The van der Waals surface area contributed by atoms with Crippen molar-refractivity contribution in [3.8, 4) is 0 Å². The van der Waals surface area contributed by atoms with Crippen molar-refractivity contribution in [2.75, 3.05) is 33.0 Å². The monoisotopic (exact) mass is 1090 g/mol. The van der Waals surface area contributed by atoms with E-state index in [1.807, 2.05) is 0 Å². The number of ether oxygens (including phenoxy) is 6. The number of esters is 1. The molecule has 11 atom stereocenters. The molecule has 0 aromatic rings. The van der Waals surface area contributed by atoms with Gasteiger partial charge in [-0.3, -0.25) is 4.79 Å². The number of unbranched alkanes of at least 4 members (excludes halogenated alkanes) is 29. The van der Waals surface area contributed by atoms with Gasteiger partial charge >= 0.3 is 5.97 Å². The predicted octanol–water partition coefficient (Wildman–Crippen LogP) is 11.9. The summed E-state index contributed by atoms with van der Waals surface area (Å²) in [5.41, 5.74) is 0. The maximum atomic E-state index is 13.1. The van der Waals surface area contributed by atoms with E-state index in [1.54, 1.807) is 0 Å². The summed E-state index contributed by atoms with van der Waals surface area (Å²) in [6.07, 6.45) is 44.5. The lowest BCUT2D eigenvalue weighted by Crippen LogP contribution is -2.61. The average Bonchev–Trinajstić information content (AvgIpc) is 3.43. The Bertz CT molecular complexity index is 1460. The molecule has 0 bridgehead atoms. The fourth-order valence-corrected chi connectivity index (χ4v) is 9.76. The zero-order valence-electron chi connectivity index (χ0n) is 48.4. The highest BCUT2D eigenvalue weighted by Gasteiger charge is 2.47. The van der Waals surface area contributed by atoms with Crippen molar-refractivity contribution in [3.05, 3.63) is 48.6 Å². The molecule has 0 spiro atoms. The number of carbonyl (C=O) groups excluding carboxylic acids is 1. The quantitative estimate of drug-likeness (QED) is 0.0172. The van der Waals surface area contributed by atoms with Gasteiger partial charge < -0.3 is 64.2 Å². The van der Waals surface area contributed by atoms with E-state index in [4.69, 9.17) is 28.4 Å². The second-order valence-corrected chi connectivity index (χ2v) is 21.9. The number of hydrogen-bond donors (Lipinski definition) is 7. The SMILES string of the molecule is CCCCC/C=C\C/C=C\CCCCCCCCCCOCC(COC1OC(COC2OC(CO)C(O)C(O)C2O)C(O)C(O)C1O)OC(=O)CCCCCCCCCCCCCCC/C=C\C/C=C\CCCCCCC. The van der Waals surface area contributed by atoms with E-state index in [1.165, 1.54) is 161 Å². The van der Waals surface area contributed by atoms with Crippen molar-refractivity contribution in [1.82, 2.24) is 0 Å². The van der Waals surface area contributed by atoms with Gasteiger partial charge in [0.1, 0.15) is 54.9 Å². The second kappa shape index (κ2) is 49.7. The van der Waals surface area contributed by atoms with Crippen molar-refractivity contribution in [1.29, 1.82) is 0 Å². The first-order chi connectivity index (χ1) is 37.6. The fraction of sp³-hybridized carbons (Fsp3) is 0.857. The largest absolute Gasteiger partial charge is 0.457 e. The molecule has 14 heteroatoms. The van der Waals surface area contributed by atoms with E-state index < -0.39 is 80.7 Å². The topological polar surface area (TPSA) is 214 Å². The molecule has 2 fully saturated rings. The van der Waals surface area contributed by atoms with Crippen molar-refractivity contribution in [2.45, 2.75) is 313 Å². The van der Waals surface area contributed by atoms with E-state index in [-0.39, 0.29) is 25.6 Å². The summed E-state index contributed by atoms with van der Waals surface area (Å²) in [5, 5.41) is 72.4. The lowest BCUT2D eigenvalue weighted by atomic mass is 9.98. The maximum absolute atomic E-state index is 13.1. The summed E-state index contributed by atoms with van der Waals surface area (Å²) in [6, 6.07) is 0. The lowest BCUT2D eigenvalue weighted by Gasteiger charge is -2.42. The van der Waals surface area contributed by atoms with Crippen LogP contribution in [0.1, 0.15) is 245 Å². The van der Waals surface area contributed by atoms with Gasteiger partial charge in [-0.05, 0) is 77.0 Å². The predicted molar refractivity (Wildman–Crippen MR) is 307 cm³/mol. The van der Waals surface area contributed by atoms with E-state index >= 15 is 0 Å². The fourth-order valence-electron chi connectivity index (χ4n) is 9.76. The zero-order chi connectivity index (χ0) is 55.8. The molecule has 2 heterocycles. The Morgan fingerprint density at radius 1 is 0.429 bits per heavy atom. The molecule has 2 rings (SSSR count). The van der Waals surface area contributed by atoms with Gasteiger partial charge in [0.25, 0.3) is 0 Å². The van der Waals surface area contributed by atoms with Crippen LogP contribution in [0.4, 0.5) is 0 Å². The van der Waals surface area contributed by atoms with E-state index in [0.29, 0.717) is 13.0 Å². The van der Waals surface area contributed by atoms with Gasteiger partial charge in [-0.2, -0.15) is 0 Å². The molecular formula is C63H114O14. The summed E-state index contributed by atoms with van der Waals surface area (Å²) >= 11 is 0. The minimum absolute atomic E-state index is 0.0579. The van der Waals surface area contributed by atoms with Gasteiger partial charge in [0, 0.05) is 13.0 Å². The molecule has 14 nitrogen and oxygen atoms in total. The molecule has 2 aliphatic rings. The van der Waals surface area contributed by atoms with Gasteiger partial charge in [-0.25, -0.2) is 0 Å². The third-order valence-corrected chi connectivity index (χ3v) is 14.8. The number of aliphatic hydroxyl groups excluding tert-OH is 7. The van der Waals surface area contributed by atoms with Crippen molar-refractivity contribution in [3.63, 3.8) is 0 Å². The third kappa shape index (κ3) is 36.1. The van der Waals surface area contributed by atoms with E-state index in [9.17, 15) is 40.5 Å². The van der Waals surface area contributed by atoms with Gasteiger partial charge in [0.2, 0.25) is 0 Å². The minimum atomic E-state index is -1.71. The molecule has 450 valence electrons. The van der Waals surface area contributed by atoms with Crippen LogP contribution in [0.3, 0.4) is 0 Å². The van der Waals surface area contributed by atoms with Crippen LogP contribution in [-0.2, 0) is 33.2 Å². The zero-order valence-corrected chi connectivity index (χ0v) is 48.4. The molecule has 0 aliphatic carbocycles. The molecular weight excluding hydrogens is 981 g/mol. The van der Waals surface area contributed by atoms with Crippen molar-refractivity contribution < 1.29 is 69.0 Å². The Morgan fingerprint density at radius 3 is 1.27 bits per heavy atom. The maximum Gasteiger partial charge on any atom is 0.306 e. The van der Waals surface area contributed by atoms with Crippen LogP contribution in [0.2, 0.25) is 0 Å². The van der Waals surface area contributed by atoms with Crippen LogP contribution in [0, 0.1) is 0 Å². The second-order valence-electron chi connectivity index (χ2n) is 21.9. The first kappa shape index (κ1) is 71.1. The smallest absolute Gasteiger partial charge is 0.306 e. The molecule has 11 unspecified atom stereocenters. The van der Waals surface area contributed by atoms with E-state index in [2.05, 4.69) is 62.5 Å². The van der Waals surface area contributed by atoms with Crippen molar-refractivity contribution in [2.24, 2.45) is 0 Å². The first-order valence-electron chi connectivity index (χ1n) is 31.2. The molecule has 0 saturated carbocycles. The number of rotatable bonds is 51.